The molecule has 0 atom stereocenters. The van der Waals surface area contributed by atoms with Crippen molar-refractivity contribution >= 4 is 22.7 Å². The second-order valence-electron chi connectivity index (χ2n) is 7.58. The van der Waals surface area contributed by atoms with Gasteiger partial charge in [-0.1, -0.05) is 0 Å². The van der Waals surface area contributed by atoms with Crippen molar-refractivity contribution in [2.75, 3.05) is 17.2 Å². The summed E-state index contributed by atoms with van der Waals surface area (Å²) in [4.78, 5) is 12.0. The maximum Gasteiger partial charge on any atom is 0.224 e. The molecule has 0 unspecified atom stereocenters. The molecule has 1 aliphatic rings. The lowest BCUT2D eigenvalue weighted by atomic mass is 9.93. The highest BCUT2D eigenvalue weighted by atomic mass is 16.3. The molecular formula is C22H23N7O. The first kappa shape index (κ1) is 19.7. The fourth-order valence-electron chi connectivity index (χ4n) is 3.84. The number of aliphatic hydroxyl groups excluding tert-OH is 1. The van der Waals surface area contributed by atoms with E-state index < -0.39 is 0 Å². The Morgan fingerprint density at radius 3 is 2.77 bits per heavy atom. The lowest BCUT2D eigenvalue weighted by molar-refractivity contribution is 0.126. The predicted molar refractivity (Wildman–Crippen MR) is 114 cm³/mol. The van der Waals surface area contributed by atoms with Crippen LogP contribution in [0.3, 0.4) is 0 Å². The van der Waals surface area contributed by atoms with E-state index in [9.17, 15) is 10.4 Å². The second-order valence-corrected chi connectivity index (χ2v) is 7.58. The molecule has 0 amide bonds. The Kier molecular flexibility index (Phi) is 5.78. The molecule has 8 nitrogen and oxygen atoms in total. The number of nitrogens with one attached hydrogen (secondary N) is 3. The molecule has 2 heterocycles. The van der Waals surface area contributed by atoms with Gasteiger partial charge in [0.05, 0.1) is 23.9 Å². The van der Waals surface area contributed by atoms with Crippen LogP contribution >= 0.6 is 0 Å². The first-order chi connectivity index (χ1) is 14.7. The summed E-state index contributed by atoms with van der Waals surface area (Å²) in [5.74, 6) is 0.993. The van der Waals surface area contributed by atoms with Crippen LogP contribution in [-0.4, -0.2) is 38.7 Å². The average molecular weight is 401 g/mol. The Morgan fingerprint density at radius 1 is 1.17 bits per heavy atom. The van der Waals surface area contributed by atoms with Gasteiger partial charge in [0, 0.05) is 29.7 Å². The molecule has 1 aromatic carbocycles. The Hall–Kier alpha value is -3.62. The summed E-state index contributed by atoms with van der Waals surface area (Å²) in [6, 6.07) is 10.1. The number of fused-ring (bicyclic) bond motifs is 1. The molecule has 0 bridgehead atoms. The number of hydrogen-bond acceptors (Lipinski definition) is 7. The van der Waals surface area contributed by atoms with Crippen LogP contribution in [0.5, 0.6) is 0 Å². The summed E-state index contributed by atoms with van der Waals surface area (Å²) < 4.78 is 0. The SMILES string of the molecule is N#Cc1ccc2[nH]cc(CCNc3ncc(C#N)c(NC4CCC(O)CC4)n3)c2c1. The maximum absolute atomic E-state index is 9.67. The Balaban J connectivity index is 1.41. The monoisotopic (exact) mass is 401 g/mol. The normalized spacial score (nSPS) is 18.5. The zero-order chi connectivity index (χ0) is 20.9. The smallest absolute Gasteiger partial charge is 0.224 e. The van der Waals surface area contributed by atoms with Gasteiger partial charge in [-0.2, -0.15) is 15.5 Å². The van der Waals surface area contributed by atoms with Crippen LogP contribution in [0.4, 0.5) is 11.8 Å². The van der Waals surface area contributed by atoms with Gasteiger partial charge in [-0.05, 0) is 55.9 Å². The van der Waals surface area contributed by atoms with Crippen molar-refractivity contribution < 1.29 is 5.11 Å². The van der Waals surface area contributed by atoms with E-state index in [4.69, 9.17) is 5.26 Å². The summed E-state index contributed by atoms with van der Waals surface area (Å²) >= 11 is 0. The van der Waals surface area contributed by atoms with Crippen LogP contribution in [0.15, 0.2) is 30.6 Å². The molecule has 4 N–H and O–H groups in total. The van der Waals surface area contributed by atoms with Gasteiger partial charge >= 0.3 is 0 Å². The van der Waals surface area contributed by atoms with Crippen molar-refractivity contribution in [3.8, 4) is 12.1 Å². The third-order valence-electron chi connectivity index (χ3n) is 5.52. The van der Waals surface area contributed by atoms with E-state index in [1.54, 1.807) is 6.07 Å². The number of nitriles is 2. The van der Waals surface area contributed by atoms with Crippen LogP contribution < -0.4 is 10.6 Å². The number of rotatable bonds is 6. The van der Waals surface area contributed by atoms with Gasteiger partial charge in [-0.15, -0.1) is 0 Å². The highest BCUT2D eigenvalue weighted by Crippen LogP contribution is 2.24. The standard InChI is InChI=1S/C22H23N7O/c23-10-14-1-6-20-19(9-14)15(12-26-20)7-8-25-22-27-13-16(11-24)21(29-22)28-17-2-4-18(30)5-3-17/h1,6,9,12-13,17-18,26,30H,2-5,7-8H2,(H2,25,27,28,29). The minimum absolute atomic E-state index is 0.198. The summed E-state index contributed by atoms with van der Waals surface area (Å²) in [5, 5.41) is 35.8. The van der Waals surface area contributed by atoms with Crippen molar-refractivity contribution in [3.05, 3.63) is 47.3 Å². The number of aromatic nitrogens is 3. The molecule has 30 heavy (non-hydrogen) atoms. The van der Waals surface area contributed by atoms with E-state index in [1.807, 2.05) is 18.3 Å². The van der Waals surface area contributed by atoms with E-state index >= 15 is 0 Å². The molecule has 3 aromatic rings. The van der Waals surface area contributed by atoms with Gasteiger partial charge < -0.3 is 20.7 Å². The summed E-state index contributed by atoms with van der Waals surface area (Å²) in [6.07, 6.45) is 7.21. The summed E-state index contributed by atoms with van der Waals surface area (Å²) in [7, 11) is 0. The van der Waals surface area contributed by atoms with Crippen LogP contribution in [-0.2, 0) is 6.42 Å². The Morgan fingerprint density at radius 2 is 2.00 bits per heavy atom. The fourth-order valence-corrected chi connectivity index (χ4v) is 3.84. The van der Waals surface area contributed by atoms with E-state index in [1.165, 1.54) is 6.20 Å². The van der Waals surface area contributed by atoms with Crippen molar-refractivity contribution in [1.29, 1.82) is 10.5 Å². The molecule has 0 aliphatic heterocycles. The number of H-pyrrole nitrogens is 1. The van der Waals surface area contributed by atoms with Gasteiger partial charge in [0.2, 0.25) is 5.95 Å². The lowest BCUT2D eigenvalue weighted by Gasteiger charge is -2.26. The van der Waals surface area contributed by atoms with Crippen LogP contribution in [0, 0.1) is 22.7 Å². The third kappa shape index (κ3) is 4.35. The molecule has 0 saturated heterocycles. The number of hydrogen-bond donors (Lipinski definition) is 4. The minimum Gasteiger partial charge on any atom is -0.393 e. The van der Waals surface area contributed by atoms with E-state index in [0.717, 1.165) is 48.6 Å². The molecule has 1 saturated carbocycles. The molecule has 152 valence electrons. The molecule has 0 spiro atoms. The minimum atomic E-state index is -0.227. The number of aliphatic hydroxyl groups is 1. The molecule has 4 rings (SSSR count). The molecule has 1 aliphatic carbocycles. The molecular weight excluding hydrogens is 378 g/mol. The van der Waals surface area contributed by atoms with E-state index in [0.29, 0.717) is 29.4 Å². The molecule has 2 aromatic heterocycles. The van der Waals surface area contributed by atoms with Crippen molar-refractivity contribution in [3.63, 3.8) is 0 Å². The highest BCUT2D eigenvalue weighted by molar-refractivity contribution is 5.84. The second kappa shape index (κ2) is 8.81. The molecule has 1 fully saturated rings. The lowest BCUT2D eigenvalue weighted by Crippen LogP contribution is -2.29. The predicted octanol–water partition coefficient (Wildman–Crippen LogP) is 3.07. The zero-order valence-corrected chi connectivity index (χ0v) is 16.5. The number of nitrogens with zero attached hydrogens (tertiary/aromatic N) is 4. The van der Waals surface area contributed by atoms with Gasteiger partial charge in [-0.3, -0.25) is 0 Å². The van der Waals surface area contributed by atoms with Crippen LogP contribution in [0.25, 0.3) is 10.9 Å². The quantitative estimate of drug-likeness (QED) is 0.499. The number of aromatic amines is 1. The summed E-state index contributed by atoms with van der Waals surface area (Å²) in [6.45, 7) is 0.616. The Bertz CT molecular complexity index is 1120. The first-order valence-corrected chi connectivity index (χ1v) is 10.1. The first-order valence-electron chi connectivity index (χ1n) is 10.1. The molecule has 0 radical (unpaired) electrons. The average Bonchev–Trinajstić information content (AvgIpc) is 3.17. The van der Waals surface area contributed by atoms with Gasteiger partial charge in [-0.25, -0.2) is 4.98 Å². The number of benzene rings is 1. The fraction of sp³-hybridized carbons (Fsp3) is 0.364. The van der Waals surface area contributed by atoms with Gasteiger partial charge in [0.15, 0.2) is 0 Å². The number of anilines is 2. The largest absolute Gasteiger partial charge is 0.393 e. The van der Waals surface area contributed by atoms with Crippen LogP contribution in [0.1, 0.15) is 42.4 Å². The third-order valence-corrected chi connectivity index (χ3v) is 5.52. The zero-order valence-electron chi connectivity index (χ0n) is 16.5. The Labute approximate surface area is 174 Å². The van der Waals surface area contributed by atoms with Crippen molar-refractivity contribution in [2.24, 2.45) is 0 Å². The maximum atomic E-state index is 9.67. The van der Waals surface area contributed by atoms with E-state index in [-0.39, 0.29) is 12.1 Å². The van der Waals surface area contributed by atoms with Crippen LogP contribution in [0.2, 0.25) is 0 Å². The van der Waals surface area contributed by atoms with Gasteiger partial charge in [0.1, 0.15) is 17.5 Å². The van der Waals surface area contributed by atoms with Gasteiger partial charge in [0.25, 0.3) is 0 Å². The van der Waals surface area contributed by atoms with Crippen molar-refractivity contribution in [1.82, 2.24) is 15.0 Å². The van der Waals surface area contributed by atoms with Crippen molar-refractivity contribution in [2.45, 2.75) is 44.2 Å². The topological polar surface area (TPSA) is 133 Å². The highest BCUT2D eigenvalue weighted by Gasteiger charge is 2.20. The van der Waals surface area contributed by atoms with E-state index in [2.05, 4.69) is 37.7 Å². The molecule has 8 heteroatoms. The summed E-state index contributed by atoms with van der Waals surface area (Å²) in [5.41, 5.74) is 3.16.